The van der Waals surface area contributed by atoms with Crippen LogP contribution in [0.4, 0.5) is 0 Å². The van der Waals surface area contributed by atoms with E-state index in [0.717, 1.165) is 0 Å². The summed E-state index contributed by atoms with van der Waals surface area (Å²) in [5.41, 5.74) is 0. The van der Waals surface area contributed by atoms with E-state index in [1.807, 2.05) is 0 Å². The van der Waals surface area contributed by atoms with Crippen LogP contribution >= 0.6 is 0 Å². The Morgan fingerprint density at radius 3 is 2.00 bits per heavy atom. The molecule has 4 saturated heterocycles. The predicted molar refractivity (Wildman–Crippen MR) is 177 cm³/mol. The zero-order valence-corrected chi connectivity index (χ0v) is 31.0. The van der Waals surface area contributed by atoms with Gasteiger partial charge in [0.1, 0.15) is 73.2 Å². The second-order valence-electron chi connectivity index (χ2n) is 14.8. The quantitative estimate of drug-likeness (QED) is 0.0541. The Bertz CT molecular complexity index is 1240. The summed E-state index contributed by atoms with van der Waals surface area (Å²) in [6.07, 6.45) is -29.8. The predicted octanol–water partition coefficient (Wildman–Crippen LogP) is -6.34. The van der Waals surface area contributed by atoms with Crippen molar-refractivity contribution in [2.75, 3.05) is 19.8 Å². The highest BCUT2D eigenvalue weighted by Gasteiger charge is 2.58. The maximum atomic E-state index is 12.5. The largest absolute Gasteiger partial charge is 0.410 e. The summed E-state index contributed by atoms with van der Waals surface area (Å²) in [6.45, 7) is 4.81. The van der Waals surface area contributed by atoms with E-state index < -0.39 is 160 Å². The smallest absolute Gasteiger partial charge is 0.332 e. The highest BCUT2D eigenvalue weighted by Crippen LogP contribution is 2.41. The normalized spacial score (nSPS) is 46.5. The van der Waals surface area contributed by atoms with Crippen LogP contribution in [0.3, 0.4) is 0 Å². The van der Waals surface area contributed by atoms with Gasteiger partial charge in [-0.05, 0) is 12.8 Å². The number of carbonyl (C=O) groups excluding carboxylic acids is 2. The Labute approximate surface area is 316 Å². The summed E-state index contributed by atoms with van der Waals surface area (Å²) >= 11 is 0. The van der Waals surface area contributed by atoms with Gasteiger partial charge in [0, 0.05) is 12.8 Å². The molecule has 320 valence electrons. The van der Waals surface area contributed by atoms with Crippen LogP contribution in [0.15, 0.2) is 0 Å². The lowest BCUT2D eigenvalue weighted by Crippen LogP contribution is -2.70. The third-order valence-electron chi connectivity index (χ3n) is 10.5. The van der Waals surface area contributed by atoms with Crippen LogP contribution in [0.1, 0.15) is 41.0 Å². The molecule has 0 aromatic rings. The molecule has 4 heterocycles. The SMILES string of the molecule is CC(=O)NC1[C@H](C(C)C)OC(CO)[C@@H](O[C@@H]2OC(CO)[C@H](O)[C@H](O[C@]3(OC=O)C[C@@H](O)[C@@H](C)C([C@H](O)[C@H](O)CO)O3)C2O)[C@@H]1O[C@@H]1OC(C)[C@@H](O)[C@H](O)C1O. The van der Waals surface area contributed by atoms with E-state index in [-0.39, 0.29) is 12.4 Å². The van der Waals surface area contributed by atoms with Gasteiger partial charge in [-0.1, -0.05) is 20.8 Å². The molecule has 0 aliphatic carbocycles. The lowest BCUT2D eigenvalue weighted by atomic mass is 9.86. The van der Waals surface area contributed by atoms with Crippen molar-refractivity contribution in [2.45, 2.75) is 163 Å². The number of aliphatic hydroxyl groups is 11. The molecule has 21 atom stereocenters. The van der Waals surface area contributed by atoms with Crippen molar-refractivity contribution in [2.24, 2.45) is 11.8 Å². The number of carbonyl (C=O) groups is 2. The zero-order chi connectivity index (χ0) is 41.1. The Balaban J connectivity index is 1.72. The van der Waals surface area contributed by atoms with Crippen molar-refractivity contribution < 1.29 is 104 Å². The summed E-state index contributed by atoms with van der Waals surface area (Å²) < 4.78 is 46.7. The fourth-order valence-electron chi connectivity index (χ4n) is 7.34. The van der Waals surface area contributed by atoms with Crippen LogP contribution in [0, 0.1) is 11.8 Å². The number of hydrogen-bond acceptors (Lipinski definition) is 21. The molecular formula is C33H57NO21. The van der Waals surface area contributed by atoms with Gasteiger partial charge in [-0.25, -0.2) is 0 Å². The van der Waals surface area contributed by atoms with Gasteiger partial charge in [0.25, 0.3) is 6.47 Å². The molecule has 4 aliphatic rings. The molecule has 22 heteroatoms. The van der Waals surface area contributed by atoms with Crippen LogP contribution in [0.2, 0.25) is 0 Å². The monoisotopic (exact) mass is 803 g/mol. The van der Waals surface area contributed by atoms with Gasteiger partial charge in [0.15, 0.2) is 12.6 Å². The summed E-state index contributed by atoms with van der Waals surface area (Å²) in [6, 6.07) is -1.13. The maximum absolute atomic E-state index is 12.5. The molecule has 1 amide bonds. The molecule has 0 saturated carbocycles. The minimum atomic E-state index is -2.66. The minimum Gasteiger partial charge on any atom is -0.410 e. The summed E-state index contributed by atoms with van der Waals surface area (Å²) in [4.78, 5) is 24.3. The highest BCUT2D eigenvalue weighted by molar-refractivity contribution is 5.73. The number of amides is 1. The Kier molecular flexibility index (Phi) is 16.1. The molecular weight excluding hydrogens is 746 g/mol. The first kappa shape index (κ1) is 45.9. The fraction of sp³-hybridized carbons (Fsp3) is 0.939. The number of rotatable bonds is 15. The number of ether oxygens (including phenoxy) is 8. The van der Waals surface area contributed by atoms with Gasteiger partial charge < -0.3 is 99.4 Å². The van der Waals surface area contributed by atoms with E-state index in [1.54, 1.807) is 13.8 Å². The van der Waals surface area contributed by atoms with Crippen molar-refractivity contribution in [3.8, 4) is 0 Å². The fourth-order valence-corrected chi connectivity index (χ4v) is 7.34. The second-order valence-corrected chi connectivity index (χ2v) is 14.8. The van der Waals surface area contributed by atoms with Gasteiger partial charge in [0.05, 0.1) is 56.7 Å². The van der Waals surface area contributed by atoms with Crippen LogP contribution in [0.25, 0.3) is 0 Å². The second kappa shape index (κ2) is 19.3. The standard InChI is InChI=1S/C33H57NO21/c1-11(2)26-19(34-14(5)39)29(53-31-24(46)23(45)20(42)13(4)49-31)28(18(9-37)50-26)52-32-25(47)30(22(44)17(8-36)51-32)55-33(48-10-38)6-15(40)12(3)27(54-33)21(43)16(41)7-35/h10-13,15-32,35-37,40-47H,6-9H2,1-5H3,(H,34,39)/t12-,13?,15-,16-,17?,18?,19?,20-,21-,22+,23+,24?,25?,26+,27?,28-,29-,30+,31+,32+,33+/m1/s1. The number of aliphatic hydroxyl groups excluding tert-OH is 11. The number of nitrogens with one attached hydrogen (secondary N) is 1. The number of hydrogen-bond donors (Lipinski definition) is 12. The van der Waals surface area contributed by atoms with Crippen molar-refractivity contribution in [3.05, 3.63) is 0 Å². The summed E-state index contributed by atoms with van der Waals surface area (Å²) in [5, 5.41) is 119. The van der Waals surface area contributed by atoms with Crippen LogP contribution < -0.4 is 5.32 Å². The maximum Gasteiger partial charge on any atom is 0.332 e. The molecule has 4 fully saturated rings. The summed E-state index contributed by atoms with van der Waals surface area (Å²) in [7, 11) is 0. The molecule has 4 rings (SSSR count). The molecule has 0 spiro atoms. The van der Waals surface area contributed by atoms with Crippen LogP contribution in [-0.2, 0) is 47.5 Å². The van der Waals surface area contributed by atoms with Crippen LogP contribution in [-0.4, -0.2) is 211 Å². The van der Waals surface area contributed by atoms with E-state index in [1.165, 1.54) is 20.8 Å². The highest BCUT2D eigenvalue weighted by atomic mass is 16.9. The molecule has 12 N–H and O–H groups in total. The Hall–Kier alpha value is -1.78. The third-order valence-corrected chi connectivity index (χ3v) is 10.5. The molecule has 0 aromatic carbocycles. The van der Waals surface area contributed by atoms with Gasteiger partial charge in [-0.2, -0.15) is 0 Å². The van der Waals surface area contributed by atoms with E-state index in [0.29, 0.717) is 0 Å². The molecule has 22 nitrogen and oxygen atoms in total. The first-order chi connectivity index (χ1) is 25.8. The first-order valence-electron chi connectivity index (χ1n) is 18.1. The van der Waals surface area contributed by atoms with Gasteiger partial charge in [0.2, 0.25) is 5.91 Å². The van der Waals surface area contributed by atoms with E-state index in [2.05, 4.69) is 5.32 Å². The van der Waals surface area contributed by atoms with Crippen LogP contribution in [0.5, 0.6) is 0 Å². The van der Waals surface area contributed by atoms with E-state index in [4.69, 9.17) is 37.9 Å². The molecule has 0 bridgehead atoms. The van der Waals surface area contributed by atoms with Crippen molar-refractivity contribution >= 4 is 12.4 Å². The van der Waals surface area contributed by atoms with Crippen molar-refractivity contribution in [1.82, 2.24) is 5.32 Å². The van der Waals surface area contributed by atoms with Crippen molar-refractivity contribution in [1.29, 1.82) is 0 Å². The average Bonchev–Trinajstić information content (AvgIpc) is 3.14. The lowest BCUT2D eigenvalue weighted by molar-refractivity contribution is -0.448. The van der Waals surface area contributed by atoms with E-state index >= 15 is 0 Å². The van der Waals surface area contributed by atoms with Gasteiger partial charge >= 0.3 is 5.97 Å². The molecule has 55 heavy (non-hydrogen) atoms. The first-order valence-corrected chi connectivity index (χ1v) is 18.1. The van der Waals surface area contributed by atoms with E-state index in [9.17, 15) is 65.8 Å². The molecule has 7 unspecified atom stereocenters. The van der Waals surface area contributed by atoms with Gasteiger partial charge in [-0.3, -0.25) is 9.59 Å². The summed E-state index contributed by atoms with van der Waals surface area (Å²) in [5.74, 6) is -4.52. The van der Waals surface area contributed by atoms with Gasteiger partial charge in [-0.15, -0.1) is 0 Å². The minimum absolute atomic E-state index is 0.136. The molecule has 0 radical (unpaired) electrons. The lowest BCUT2D eigenvalue weighted by Gasteiger charge is -2.52. The topological polar surface area (TPSA) is 343 Å². The average molecular weight is 804 g/mol. The third kappa shape index (κ3) is 9.92. The molecule has 0 aromatic heterocycles. The zero-order valence-electron chi connectivity index (χ0n) is 31.0. The molecule has 4 aliphatic heterocycles. The Morgan fingerprint density at radius 1 is 0.818 bits per heavy atom. The Morgan fingerprint density at radius 2 is 1.44 bits per heavy atom. The van der Waals surface area contributed by atoms with Crippen molar-refractivity contribution in [3.63, 3.8) is 0 Å².